The van der Waals surface area contributed by atoms with Gasteiger partial charge >= 0.3 is 0 Å². The number of ketones is 1. The number of halogens is 1. The highest BCUT2D eigenvalue weighted by atomic mass is 79.9. The van der Waals surface area contributed by atoms with Crippen LogP contribution in [0.5, 0.6) is 0 Å². The second-order valence-corrected chi connectivity index (χ2v) is 8.69. The Kier molecular flexibility index (Phi) is 4.46. The predicted molar refractivity (Wildman–Crippen MR) is 74.2 cm³/mol. The average molecular weight is 350 g/mol. The third-order valence-electron chi connectivity index (χ3n) is 2.71. The van der Waals surface area contributed by atoms with Crippen LogP contribution in [0.2, 0.25) is 0 Å². The number of nitrogens with zero attached hydrogens (tertiary/aromatic N) is 1. The second-order valence-electron chi connectivity index (χ2n) is 3.95. The Bertz CT molecular complexity index is 606. The highest BCUT2D eigenvalue weighted by Gasteiger charge is 2.42. The van der Waals surface area contributed by atoms with Gasteiger partial charge < -0.3 is 0 Å². The molecule has 0 radical (unpaired) electrons. The van der Waals surface area contributed by atoms with Crippen LogP contribution in [0.4, 0.5) is 5.69 Å². The zero-order chi connectivity index (χ0) is 14.8. The zero-order valence-electron chi connectivity index (χ0n) is 10.3. The van der Waals surface area contributed by atoms with Gasteiger partial charge in [0.25, 0.3) is 5.69 Å². The summed E-state index contributed by atoms with van der Waals surface area (Å²) >= 11 is 2.94. The van der Waals surface area contributed by atoms with Gasteiger partial charge in [0.1, 0.15) is 0 Å². The van der Waals surface area contributed by atoms with E-state index in [0.717, 1.165) is 12.1 Å². The fourth-order valence-corrected chi connectivity index (χ4v) is 3.26. The molecule has 19 heavy (non-hydrogen) atoms. The Labute approximate surface area is 119 Å². The summed E-state index contributed by atoms with van der Waals surface area (Å²) in [4.78, 5) is 22.1. The first-order chi connectivity index (χ1) is 8.63. The second kappa shape index (κ2) is 5.38. The summed E-state index contributed by atoms with van der Waals surface area (Å²) < 4.78 is 21.9. The number of carbonyl (C=O) groups is 1. The van der Waals surface area contributed by atoms with Crippen molar-refractivity contribution in [3.8, 4) is 0 Å². The van der Waals surface area contributed by atoms with Crippen molar-refractivity contribution >= 4 is 37.2 Å². The van der Waals surface area contributed by atoms with Gasteiger partial charge in [0.15, 0.2) is 19.3 Å². The van der Waals surface area contributed by atoms with Crippen LogP contribution in [0.15, 0.2) is 24.3 Å². The first-order valence-electron chi connectivity index (χ1n) is 5.34. The third-order valence-corrected chi connectivity index (χ3v) is 6.66. The fourth-order valence-electron chi connectivity index (χ4n) is 1.40. The first kappa shape index (κ1) is 15.8. The van der Waals surface area contributed by atoms with Crippen molar-refractivity contribution in [2.75, 3.05) is 5.75 Å². The minimum atomic E-state index is -3.64. The molecule has 0 N–H and O–H groups in total. The fraction of sp³-hybridized carbons (Fsp3) is 0.364. The lowest BCUT2D eigenvalue weighted by Gasteiger charge is -2.20. The Balaban J connectivity index is 3.17. The number of non-ortho nitro benzene ring substituents is 1. The summed E-state index contributed by atoms with van der Waals surface area (Å²) in [5.74, 6) is -0.836. The Morgan fingerprint density at radius 1 is 1.37 bits per heavy atom. The number of nitro benzene ring substituents is 1. The minimum Gasteiger partial charge on any atom is -0.291 e. The summed E-state index contributed by atoms with van der Waals surface area (Å²) in [5.41, 5.74) is -0.0619. The van der Waals surface area contributed by atoms with Gasteiger partial charge in [-0.05, 0) is 19.1 Å². The molecule has 0 fully saturated rings. The number of Topliss-reactive ketones (excluding diaryl/α,β-unsaturated/α-hetero) is 1. The first-order valence-corrected chi connectivity index (χ1v) is 7.78. The molecule has 0 saturated carbocycles. The van der Waals surface area contributed by atoms with Gasteiger partial charge in [-0.2, -0.15) is 0 Å². The maximum atomic E-state index is 12.2. The number of hydrogen-bond acceptors (Lipinski definition) is 5. The molecule has 6 nitrogen and oxygen atoms in total. The molecule has 0 aromatic heterocycles. The van der Waals surface area contributed by atoms with E-state index in [-0.39, 0.29) is 17.0 Å². The number of sulfone groups is 1. The van der Waals surface area contributed by atoms with Crippen LogP contribution >= 0.6 is 15.9 Å². The number of nitro groups is 1. The van der Waals surface area contributed by atoms with E-state index in [4.69, 9.17) is 0 Å². The predicted octanol–water partition coefficient (Wildman–Crippen LogP) is 2.32. The monoisotopic (exact) mass is 349 g/mol. The van der Waals surface area contributed by atoms with Gasteiger partial charge in [-0.3, -0.25) is 14.9 Å². The molecule has 0 aliphatic carbocycles. The highest BCUT2D eigenvalue weighted by Crippen LogP contribution is 2.30. The lowest BCUT2D eigenvalue weighted by molar-refractivity contribution is -0.384. The van der Waals surface area contributed by atoms with E-state index in [1.807, 2.05) is 0 Å². The van der Waals surface area contributed by atoms with E-state index in [1.165, 1.54) is 26.0 Å². The number of alkyl halides is 1. The standard InChI is InChI=1S/C11H12BrNO5S/c1-3-19(17,18)11(2,12)10(14)8-4-6-9(7-5-8)13(15)16/h4-7H,3H2,1-2H3/t11-/m1/s1. The average Bonchev–Trinajstić information content (AvgIpc) is 2.37. The van der Waals surface area contributed by atoms with Crippen LogP contribution in [0.3, 0.4) is 0 Å². The molecule has 0 aliphatic rings. The molecule has 0 heterocycles. The molecule has 0 bridgehead atoms. The van der Waals surface area contributed by atoms with Crippen molar-refractivity contribution in [1.82, 2.24) is 0 Å². The van der Waals surface area contributed by atoms with E-state index in [1.54, 1.807) is 0 Å². The van der Waals surface area contributed by atoms with Gasteiger partial charge in [-0.25, -0.2) is 8.42 Å². The van der Waals surface area contributed by atoms with Gasteiger partial charge in [-0.15, -0.1) is 0 Å². The van der Waals surface area contributed by atoms with Gasteiger partial charge in [0.2, 0.25) is 0 Å². The number of carbonyl (C=O) groups excluding carboxylic acids is 1. The van der Waals surface area contributed by atoms with Gasteiger partial charge in [-0.1, -0.05) is 22.9 Å². The van der Waals surface area contributed by atoms with Crippen molar-refractivity contribution in [3.63, 3.8) is 0 Å². The van der Waals surface area contributed by atoms with E-state index >= 15 is 0 Å². The highest BCUT2D eigenvalue weighted by molar-refractivity contribution is 9.12. The van der Waals surface area contributed by atoms with Gasteiger partial charge in [0, 0.05) is 23.4 Å². The zero-order valence-corrected chi connectivity index (χ0v) is 12.7. The minimum absolute atomic E-state index is 0.0991. The molecule has 1 aromatic rings. The summed E-state index contributed by atoms with van der Waals surface area (Å²) in [6.45, 7) is 2.70. The van der Waals surface area contributed by atoms with E-state index in [9.17, 15) is 23.3 Å². The summed E-state index contributed by atoms with van der Waals surface area (Å²) in [7, 11) is -3.64. The quantitative estimate of drug-likeness (QED) is 0.352. The lowest BCUT2D eigenvalue weighted by Crippen LogP contribution is -2.38. The summed E-state index contributed by atoms with van der Waals surface area (Å²) in [6, 6.07) is 4.81. The van der Waals surface area contributed by atoms with Crippen molar-refractivity contribution in [2.24, 2.45) is 0 Å². The molecule has 0 aliphatic heterocycles. The molecule has 1 atom stereocenters. The van der Waals surface area contributed by atoms with Crippen molar-refractivity contribution in [1.29, 1.82) is 0 Å². The normalized spacial score (nSPS) is 14.7. The Morgan fingerprint density at radius 2 is 1.84 bits per heavy atom. The lowest BCUT2D eigenvalue weighted by atomic mass is 10.1. The van der Waals surface area contributed by atoms with Crippen molar-refractivity contribution < 1.29 is 18.1 Å². The Hall–Kier alpha value is -1.28. The molecule has 104 valence electrons. The molecular weight excluding hydrogens is 338 g/mol. The molecule has 0 unspecified atom stereocenters. The largest absolute Gasteiger partial charge is 0.291 e. The smallest absolute Gasteiger partial charge is 0.269 e. The van der Waals surface area contributed by atoms with Crippen LogP contribution in [0.1, 0.15) is 24.2 Å². The summed E-state index contributed by atoms with van der Waals surface area (Å²) in [6.07, 6.45) is 0. The number of hydrogen-bond donors (Lipinski definition) is 0. The third kappa shape index (κ3) is 3.01. The van der Waals surface area contributed by atoms with E-state index in [2.05, 4.69) is 15.9 Å². The van der Waals surface area contributed by atoms with Crippen molar-refractivity contribution in [2.45, 2.75) is 17.5 Å². The van der Waals surface area contributed by atoms with Crippen molar-refractivity contribution in [3.05, 3.63) is 39.9 Å². The molecular formula is C11H12BrNO5S. The SMILES string of the molecule is CCS(=O)(=O)[C@@](C)(Br)C(=O)c1ccc([N+](=O)[O-])cc1. The van der Waals surface area contributed by atoms with Crippen LogP contribution in [0, 0.1) is 10.1 Å². The maximum Gasteiger partial charge on any atom is 0.269 e. The molecule has 1 rings (SSSR count). The molecule has 0 saturated heterocycles. The number of rotatable bonds is 5. The van der Waals surface area contributed by atoms with Crippen LogP contribution in [-0.2, 0) is 9.84 Å². The molecule has 1 aromatic carbocycles. The van der Waals surface area contributed by atoms with Crippen LogP contribution in [-0.4, -0.2) is 28.5 Å². The summed E-state index contributed by atoms with van der Waals surface area (Å²) in [5, 5.41) is 10.5. The Morgan fingerprint density at radius 3 is 2.21 bits per heavy atom. The van der Waals surface area contributed by atoms with Crippen LogP contribution < -0.4 is 0 Å². The van der Waals surface area contributed by atoms with E-state index < -0.39 is 24.2 Å². The van der Waals surface area contributed by atoms with Crippen LogP contribution in [0.25, 0.3) is 0 Å². The van der Waals surface area contributed by atoms with Gasteiger partial charge in [0.05, 0.1) is 4.92 Å². The molecule has 0 spiro atoms. The molecule has 0 amide bonds. The topological polar surface area (TPSA) is 94.3 Å². The molecule has 8 heteroatoms. The van der Waals surface area contributed by atoms with E-state index in [0.29, 0.717) is 0 Å². The maximum absolute atomic E-state index is 12.2. The number of benzene rings is 1.